The van der Waals surface area contributed by atoms with Gasteiger partial charge in [-0.3, -0.25) is 4.79 Å². The van der Waals surface area contributed by atoms with Gasteiger partial charge in [-0.1, -0.05) is 20.8 Å². The van der Waals surface area contributed by atoms with Crippen LogP contribution in [0.2, 0.25) is 0 Å². The summed E-state index contributed by atoms with van der Waals surface area (Å²) < 4.78 is 0.965. The standard InChI is InChI=1S/C11H13IO2/c1-11(2,3)9-5-8(12)4-7(6-13)10(9)14/h4-6,14H,1-3H3. The Hall–Kier alpha value is -0.580. The number of phenols is 1. The molecule has 0 heterocycles. The molecule has 0 atom stereocenters. The molecule has 3 heteroatoms. The minimum absolute atomic E-state index is 0.105. The maximum absolute atomic E-state index is 10.7. The predicted molar refractivity (Wildman–Crippen MR) is 64.9 cm³/mol. The monoisotopic (exact) mass is 304 g/mol. The van der Waals surface area contributed by atoms with Crippen LogP contribution in [0.15, 0.2) is 12.1 Å². The summed E-state index contributed by atoms with van der Waals surface area (Å²) >= 11 is 2.14. The molecule has 0 bridgehead atoms. The van der Waals surface area contributed by atoms with Crippen LogP contribution in [0.5, 0.6) is 5.75 Å². The number of carbonyl (C=O) groups is 1. The predicted octanol–water partition coefficient (Wildman–Crippen LogP) is 3.11. The van der Waals surface area contributed by atoms with E-state index in [-0.39, 0.29) is 11.2 Å². The van der Waals surface area contributed by atoms with Gasteiger partial charge in [0.1, 0.15) is 5.75 Å². The Kier molecular flexibility index (Phi) is 3.19. The van der Waals surface area contributed by atoms with Crippen LogP contribution in [0.25, 0.3) is 0 Å². The van der Waals surface area contributed by atoms with Crippen LogP contribution >= 0.6 is 22.6 Å². The lowest BCUT2D eigenvalue weighted by Crippen LogP contribution is -2.12. The normalized spacial score (nSPS) is 11.4. The highest BCUT2D eigenvalue weighted by Crippen LogP contribution is 2.33. The largest absolute Gasteiger partial charge is 0.507 e. The molecular formula is C11H13IO2. The fourth-order valence-electron chi connectivity index (χ4n) is 1.28. The van der Waals surface area contributed by atoms with Gasteiger partial charge in [0.25, 0.3) is 0 Å². The van der Waals surface area contributed by atoms with Crippen molar-refractivity contribution in [3.63, 3.8) is 0 Å². The summed E-state index contributed by atoms with van der Waals surface area (Å²) in [6.45, 7) is 6.02. The summed E-state index contributed by atoms with van der Waals surface area (Å²) in [6, 6.07) is 3.58. The molecule has 0 saturated heterocycles. The summed E-state index contributed by atoms with van der Waals surface area (Å²) in [5.74, 6) is 0.105. The van der Waals surface area contributed by atoms with E-state index in [1.165, 1.54) is 0 Å². The Morgan fingerprint density at radius 3 is 2.36 bits per heavy atom. The maximum atomic E-state index is 10.7. The van der Waals surface area contributed by atoms with Crippen LogP contribution in [-0.4, -0.2) is 11.4 Å². The van der Waals surface area contributed by atoms with Crippen LogP contribution in [0.4, 0.5) is 0 Å². The van der Waals surface area contributed by atoms with Gasteiger partial charge in [-0.15, -0.1) is 0 Å². The van der Waals surface area contributed by atoms with Gasteiger partial charge in [-0.25, -0.2) is 0 Å². The Labute approximate surface area is 97.5 Å². The summed E-state index contributed by atoms with van der Waals surface area (Å²) in [5, 5.41) is 9.81. The zero-order valence-electron chi connectivity index (χ0n) is 8.47. The molecule has 0 aromatic heterocycles. The van der Waals surface area contributed by atoms with Crippen LogP contribution < -0.4 is 0 Å². The lowest BCUT2D eigenvalue weighted by atomic mass is 9.85. The van der Waals surface area contributed by atoms with Crippen LogP contribution in [0.3, 0.4) is 0 Å². The van der Waals surface area contributed by atoms with Crippen molar-refractivity contribution in [2.45, 2.75) is 26.2 Å². The van der Waals surface area contributed by atoms with Crippen molar-refractivity contribution in [1.29, 1.82) is 0 Å². The molecule has 1 aromatic carbocycles. The lowest BCUT2D eigenvalue weighted by molar-refractivity contribution is 0.112. The second kappa shape index (κ2) is 3.88. The van der Waals surface area contributed by atoms with Crippen molar-refractivity contribution in [3.8, 4) is 5.75 Å². The number of benzene rings is 1. The molecule has 0 unspecified atom stereocenters. The van der Waals surface area contributed by atoms with Crippen molar-refractivity contribution in [2.24, 2.45) is 0 Å². The molecule has 0 spiro atoms. The molecule has 1 aromatic rings. The Balaban J connectivity index is 3.44. The molecule has 0 aliphatic rings. The average Bonchev–Trinajstić information content (AvgIpc) is 2.06. The van der Waals surface area contributed by atoms with E-state index in [1.807, 2.05) is 26.8 Å². The topological polar surface area (TPSA) is 37.3 Å². The number of carbonyl (C=O) groups excluding carboxylic acids is 1. The minimum Gasteiger partial charge on any atom is -0.507 e. The number of hydrogen-bond donors (Lipinski definition) is 1. The van der Waals surface area contributed by atoms with Gasteiger partial charge in [0, 0.05) is 9.13 Å². The second-order valence-electron chi connectivity index (χ2n) is 4.26. The van der Waals surface area contributed by atoms with E-state index in [1.54, 1.807) is 6.07 Å². The van der Waals surface area contributed by atoms with Gasteiger partial charge in [0.2, 0.25) is 0 Å². The van der Waals surface area contributed by atoms with E-state index >= 15 is 0 Å². The number of halogens is 1. The SMILES string of the molecule is CC(C)(C)c1cc(I)cc(C=O)c1O. The molecule has 0 amide bonds. The molecule has 0 saturated carbocycles. The first-order valence-corrected chi connectivity index (χ1v) is 5.42. The zero-order valence-corrected chi connectivity index (χ0v) is 10.6. The summed E-state index contributed by atoms with van der Waals surface area (Å²) in [4.78, 5) is 10.7. The van der Waals surface area contributed by atoms with E-state index in [4.69, 9.17) is 0 Å². The molecule has 2 nitrogen and oxygen atoms in total. The van der Waals surface area contributed by atoms with Crippen molar-refractivity contribution < 1.29 is 9.90 Å². The summed E-state index contributed by atoms with van der Waals surface area (Å²) in [6.07, 6.45) is 0.687. The van der Waals surface area contributed by atoms with Gasteiger partial charge in [0.15, 0.2) is 6.29 Å². The van der Waals surface area contributed by atoms with Crippen LogP contribution in [0, 0.1) is 3.57 Å². The molecule has 14 heavy (non-hydrogen) atoms. The highest BCUT2D eigenvalue weighted by Gasteiger charge is 2.20. The number of aromatic hydroxyl groups is 1. The summed E-state index contributed by atoms with van der Waals surface area (Å²) in [5.41, 5.74) is 1.02. The minimum atomic E-state index is -0.150. The third-order valence-electron chi connectivity index (χ3n) is 2.04. The second-order valence-corrected chi connectivity index (χ2v) is 5.50. The molecule has 0 aliphatic heterocycles. The first kappa shape index (κ1) is 11.5. The molecule has 0 radical (unpaired) electrons. The van der Waals surface area contributed by atoms with Gasteiger partial charge >= 0.3 is 0 Å². The molecule has 1 N–H and O–H groups in total. The highest BCUT2D eigenvalue weighted by atomic mass is 127. The number of aldehydes is 1. The van der Waals surface area contributed by atoms with E-state index in [9.17, 15) is 9.90 Å². The first-order valence-electron chi connectivity index (χ1n) is 4.34. The molecular weight excluding hydrogens is 291 g/mol. The zero-order chi connectivity index (χ0) is 10.9. The number of rotatable bonds is 1. The third-order valence-corrected chi connectivity index (χ3v) is 2.66. The number of phenolic OH excluding ortho intramolecular Hbond substituents is 1. The molecule has 0 fully saturated rings. The van der Waals surface area contributed by atoms with Gasteiger partial charge in [-0.05, 0) is 40.1 Å². The van der Waals surface area contributed by atoms with Crippen LogP contribution in [0.1, 0.15) is 36.7 Å². The maximum Gasteiger partial charge on any atom is 0.153 e. The quantitative estimate of drug-likeness (QED) is 0.639. The van der Waals surface area contributed by atoms with Gasteiger partial charge in [-0.2, -0.15) is 0 Å². The van der Waals surface area contributed by atoms with E-state index in [0.29, 0.717) is 11.8 Å². The highest BCUT2D eigenvalue weighted by molar-refractivity contribution is 14.1. The van der Waals surface area contributed by atoms with Crippen molar-refractivity contribution in [2.75, 3.05) is 0 Å². The molecule has 76 valence electrons. The third kappa shape index (κ3) is 2.26. The lowest BCUT2D eigenvalue weighted by Gasteiger charge is -2.21. The van der Waals surface area contributed by atoms with Crippen molar-refractivity contribution in [3.05, 3.63) is 26.8 Å². The Morgan fingerprint density at radius 2 is 1.93 bits per heavy atom. The van der Waals surface area contributed by atoms with E-state index in [2.05, 4.69) is 22.6 Å². The Bertz CT molecular complexity index is 364. The summed E-state index contributed by atoms with van der Waals surface area (Å²) in [7, 11) is 0. The van der Waals surface area contributed by atoms with Crippen LogP contribution in [-0.2, 0) is 5.41 Å². The van der Waals surface area contributed by atoms with Crippen molar-refractivity contribution in [1.82, 2.24) is 0 Å². The van der Waals surface area contributed by atoms with Gasteiger partial charge < -0.3 is 5.11 Å². The first-order chi connectivity index (χ1) is 6.36. The van der Waals surface area contributed by atoms with Crippen molar-refractivity contribution >= 4 is 28.9 Å². The van der Waals surface area contributed by atoms with E-state index < -0.39 is 0 Å². The molecule has 1 rings (SSSR count). The smallest absolute Gasteiger partial charge is 0.153 e. The molecule has 0 aliphatic carbocycles. The number of hydrogen-bond acceptors (Lipinski definition) is 2. The van der Waals surface area contributed by atoms with Gasteiger partial charge in [0.05, 0.1) is 5.56 Å². The fraction of sp³-hybridized carbons (Fsp3) is 0.364. The van der Waals surface area contributed by atoms with E-state index in [0.717, 1.165) is 9.13 Å². The fourth-order valence-corrected chi connectivity index (χ4v) is 1.93. The Morgan fingerprint density at radius 1 is 1.36 bits per heavy atom. The average molecular weight is 304 g/mol.